The molecule has 19 heavy (non-hydrogen) atoms. The molecule has 1 aromatic rings. The van der Waals surface area contributed by atoms with Crippen LogP contribution in [0, 0.1) is 6.92 Å². The van der Waals surface area contributed by atoms with Gasteiger partial charge in [-0.1, -0.05) is 17.7 Å². The van der Waals surface area contributed by atoms with Crippen LogP contribution in [0.2, 0.25) is 0 Å². The Morgan fingerprint density at radius 1 is 1.21 bits per heavy atom. The van der Waals surface area contributed by atoms with Crippen molar-refractivity contribution in [2.24, 2.45) is 4.99 Å². The molecule has 0 aliphatic rings. The van der Waals surface area contributed by atoms with Gasteiger partial charge in [-0.25, -0.2) is 0 Å². The van der Waals surface area contributed by atoms with Gasteiger partial charge in [-0.15, -0.1) is 0 Å². The van der Waals surface area contributed by atoms with Crippen LogP contribution < -0.4 is 15.4 Å². The summed E-state index contributed by atoms with van der Waals surface area (Å²) in [5, 5.41) is 6.52. The van der Waals surface area contributed by atoms with Gasteiger partial charge >= 0.3 is 0 Å². The van der Waals surface area contributed by atoms with E-state index in [0.29, 0.717) is 13.2 Å². The highest BCUT2D eigenvalue weighted by molar-refractivity contribution is 5.80. The van der Waals surface area contributed by atoms with E-state index in [1.54, 1.807) is 7.05 Å². The van der Waals surface area contributed by atoms with E-state index in [2.05, 4.69) is 43.3 Å². The molecule has 0 radical (unpaired) electrons. The zero-order valence-corrected chi connectivity index (χ0v) is 12.6. The molecule has 0 aromatic heterocycles. The van der Waals surface area contributed by atoms with Crippen molar-refractivity contribution >= 4 is 5.96 Å². The first kappa shape index (κ1) is 15.3. The number of hydrogen-bond acceptors (Lipinski definition) is 2. The summed E-state index contributed by atoms with van der Waals surface area (Å²) in [6, 6.07) is 8.06. The molecule has 4 heteroatoms. The number of nitrogens with zero attached hydrogens (tertiary/aromatic N) is 1. The van der Waals surface area contributed by atoms with Crippen LogP contribution in [0.25, 0.3) is 0 Å². The minimum Gasteiger partial charge on any atom is -0.492 e. The van der Waals surface area contributed by atoms with E-state index < -0.39 is 0 Å². The molecule has 0 aliphatic heterocycles. The summed E-state index contributed by atoms with van der Waals surface area (Å²) in [6.07, 6.45) is 0. The average molecular weight is 263 g/mol. The van der Waals surface area contributed by atoms with Crippen LogP contribution in [-0.4, -0.2) is 31.7 Å². The van der Waals surface area contributed by atoms with E-state index in [0.717, 1.165) is 11.7 Å². The summed E-state index contributed by atoms with van der Waals surface area (Å²) >= 11 is 0. The first-order chi connectivity index (χ1) is 8.90. The SMILES string of the molecule is CN=C(NCCOc1ccc(C)cc1)NC(C)(C)C. The third-order valence-electron chi connectivity index (χ3n) is 2.40. The maximum absolute atomic E-state index is 5.64. The molecular formula is C15H25N3O. The lowest BCUT2D eigenvalue weighted by atomic mass is 10.1. The molecule has 0 saturated carbocycles. The van der Waals surface area contributed by atoms with Gasteiger partial charge in [0.05, 0.1) is 6.54 Å². The van der Waals surface area contributed by atoms with Crippen LogP contribution in [0.4, 0.5) is 0 Å². The quantitative estimate of drug-likeness (QED) is 0.498. The zero-order chi connectivity index (χ0) is 14.3. The molecule has 0 aliphatic carbocycles. The number of benzene rings is 1. The lowest BCUT2D eigenvalue weighted by Crippen LogP contribution is -2.48. The van der Waals surface area contributed by atoms with E-state index >= 15 is 0 Å². The van der Waals surface area contributed by atoms with Crippen molar-refractivity contribution in [3.8, 4) is 5.75 Å². The molecule has 0 spiro atoms. The summed E-state index contributed by atoms with van der Waals surface area (Å²) in [6.45, 7) is 9.68. The Morgan fingerprint density at radius 3 is 2.37 bits per heavy atom. The van der Waals surface area contributed by atoms with Gasteiger partial charge in [0.1, 0.15) is 12.4 Å². The molecule has 1 aromatic carbocycles. The lowest BCUT2D eigenvalue weighted by Gasteiger charge is -2.23. The van der Waals surface area contributed by atoms with Crippen molar-refractivity contribution < 1.29 is 4.74 Å². The van der Waals surface area contributed by atoms with Gasteiger partial charge < -0.3 is 15.4 Å². The lowest BCUT2D eigenvalue weighted by molar-refractivity contribution is 0.321. The molecule has 0 atom stereocenters. The number of guanidine groups is 1. The Morgan fingerprint density at radius 2 is 1.84 bits per heavy atom. The van der Waals surface area contributed by atoms with Gasteiger partial charge in [-0.05, 0) is 39.8 Å². The first-order valence-corrected chi connectivity index (χ1v) is 6.59. The molecule has 0 fully saturated rings. The molecule has 2 N–H and O–H groups in total. The molecule has 4 nitrogen and oxygen atoms in total. The Bertz CT molecular complexity index is 404. The summed E-state index contributed by atoms with van der Waals surface area (Å²) in [5.41, 5.74) is 1.24. The second-order valence-corrected chi connectivity index (χ2v) is 5.54. The van der Waals surface area contributed by atoms with E-state index in [1.807, 2.05) is 24.3 Å². The normalized spacial score (nSPS) is 12.2. The molecule has 0 saturated heterocycles. The number of aryl methyl sites for hydroxylation is 1. The van der Waals surface area contributed by atoms with E-state index in [1.165, 1.54) is 5.56 Å². The van der Waals surface area contributed by atoms with Gasteiger partial charge in [0.2, 0.25) is 0 Å². The molecule has 1 rings (SSSR count). The van der Waals surface area contributed by atoms with Crippen molar-refractivity contribution in [3.63, 3.8) is 0 Å². The highest BCUT2D eigenvalue weighted by Gasteiger charge is 2.11. The monoisotopic (exact) mass is 263 g/mol. The van der Waals surface area contributed by atoms with Crippen LogP contribution in [0.5, 0.6) is 5.75 Å². The largest absolute Gasteiger partial charge is 0.492 e. The first-order valence-electron chi connectivity index (χ1n) is 6.59. The van der Waals surface area contributed by atoms with Gasteiger partial charge in [0.25, 0.3) is 0 Å². The predicted octanol–water partition coefficient (Wildman–Crippen LogP) is 2.34. The fourth-order valence-electron chi connectivity index (χ4n) is 1.51. The molecule has 106 valence electrons. The second-order valence-electron chi connectivity index (χ2n) is 5.54. The maximum atomic E-state index is 5.64. The van der Waals surface area contributed by atoms with E-state index in [9.17, 15) is 0 Å². The third kappa shape index (κ3) is 6.70. The summed E-state index contributed by atoms with van der Waals surface area (Å²) in [7, 11) is 1.77. The molecule has 0 unspecified atom stereocenters. The Kier molecular flexibility index (Phi) is 5.67. The molecule has 0 heterocycles. The van der Waals surface area contributed by atoms with Crippen LogP contribution >= 0.6 is 0 Å². The standard InChI is InChI=1S/C15H25N3O/c1-12-6-8-13(9-7-12)19-11-10-17-14(16-5)18-15(2,3)4/h6-9H,10-11H2,1-5H3,(H2,16,17,18). The number of nitrogens with one attached hydrogen (secondary N) is 2. The molecule has 0 amide bonds. The predicted molar refractivity (Wildman–Crippen MR) is 80.9 cm³/mol. The fraction of sp³-hybridized carbons (Fsp3) is 0.533. The summed E-state index contributed by atoms with van der Waals surface area (Å²) in [4.78, 5) is 4.17. The fourth-order valence-corrected chi connectivity index (χ4v) is 1.51. The van der Waals surface area contributed by atoms with Crippen LogP contribution in [-0.2, 0) is 0 Å². The van der Waals surface area contributed by atoms with Crippen molar-refractivity contribution in [1.29, 1.82) is 0 Å². The highest BCUT2D eigenvalue weighted by Crippen LogP contribution is 2.10. The van der Waals surface area contributed by atoms with Crippen molar-refractivity contribution in [2.45, 2.75) is 33.2 Å². The average Bonchev–Trinajstić information content (AvgIpc) is 2.34. The van der Waals surface area contributed by atoms with E-state index in [4.69, 9.17) is 4.74 Å². The minimum absolute atomic E-state index is 0.000340. The summed E-state index contributed by atoms with van der Waals surface area (Å²) in [5.74, 6) is 1.69. The van der Waals surface area contributed by atoms with Crippen molar-refractivity contribution in [1.82, 2.24) is 10.6 Å². The van der Waals surface area contributed by atoms with E-state index in [-0.39, 0.29) is 5.54 Å². The van der Waals surface area contributed by atoms with Crippen molar-refractivity contribution in [2.75, 3.05) is 20.2 Å². The Balaban J connectivity index is 2.28. The zero-order valence-electron chi connectivity index (χ0n) is 12.6. The van der Waals surface area contributed by atoms with Crippen molar-refractivity contribution in [3.05, 3.63) is 29.8 Å². The number of ether oxygens (including phenoxy) is 1. The third-order valence-corrected chi connectivity index (χ3v) is 2.40. The Labute approximate surface area is 116 Å². The van der Waals surface area contributed by atoms with Gasteiger partial charge in [-0.2, -0.15) is 0 Å². The van der Waals surface area contributed by atoms with Crippen LogP contribution in [0.1, 0.15) is 26.3 Å². The van der Waals surface area contributed by atoms with Gasteiger partial charge in [0, 0.05) is 12.6 Å². The highest BCUT2D eigenvalue weighted by atomic mass is 16.5. The Hall–Kier alpha value is -1.71. The molecule has 0 bridgehead atoms. The van der Waals surface area contributed by atoms with Gasteiger partial charge in [-0.3, -0.25) is 4.99 Å². The van der Waals surface area contributed by atoms with Crippen LogP contribution in [0.15, 0.2) is 29.3 Å². The maximum Gasteiger partial charge on any atom is 0.191 e. The van der Waals surface area contributed by atoms with Crippen LogP contribution in [0.3, 0.4) is 0 Å². The number of hydrogen-bond donors (Lipinski definition) is 2. The minimum atomic E-state index is -0.000340. The number of aliphatic imine (C=N–C) groups is 1. The summed E-state index contributed by atoms with van der Waals surface area (Å²) < 4.78 is 5.64. The number of rotatable bonds is 4. The molecular weight excluding hydrogens is 238 g/mol. The van der Waals surface area contributed by atoms with Gasteiger partial charge in [0.15, 0.2) is 5.96 Å². The second kappa shape index (κ2) is 7.02. The topological polar surface area (TPSA) is 45.7 Å². The smallest absolute Gasteiger partial charge is 0.191 e.